The zero-order valence-corrected chi connectivity index (χ0v) is 13.5. The normalized spacial score (nSPS) is 18.9. The van der Waals surface area contributed by atoms with Crippen LogP contribution in [0.4, 0.5) is 0 Å². The smallest absolute Gasteiger partial charge is 0.251 e. The first kappa shape index (κ1) is 14.3. The Morgan fingerprint density at radius 2 is 2.22 bits per heavy atom. The summed E-state index contributed by atoms with van der Waals surface area (Å²) in [6.07, 6.45) is 5.71. The number of hydrogen-bond acceptors (Lipinski definition) is 3. The Balaban J connectivity index is 1.59. The highest BCUT2D eigenvalue weighted by Crippen LogP contribution is 2.40. The average molecular weight is 311 g/mol. The number of fused-ring (bicyclic) bond motifs is 3. The maximum atomic E-state index is 12.5. The quantitative estimate of drug-likeness (QED) is 0.928. The van der Waals surface area contributed by atoms with Gasteiger partial charge in [0.1, 0.15) is 12.4 Å². The second-order valence-electron chi connectivity index (χ2n) is 7.27. The minimum atomic E-state index is -0.0105. The molecule has 0 unspecified atom stereocenters. The molecule has 1 aromatic heterocycles. The molecule has 1 aromatic carbocycles. The molecule has 1 saturated carbocycles. The predicted molar refractivity (Wildman–Crippen MR) is 87.4 cm³/mol. The van der Waals surface area contributed by atoms with E-state index < -0.39 is 0 Å². The average Bonchev–Trinajstić information content (AvgIpc) is 2.87. The van der Waals surface area contributed by atoms with Crippen molar-refractivity contribution >= 4 is 5.91 Å². The van der Waals surface area contributed by atoms with Crippen LogP contribution in [0, 0.1) is 5.41 Å². The SMILES string of the molecule is CC1(C)CC(NC(=O)c2ccc3c(c2)-c2cncn2CCO3)C1. The van der Waals surface area contributed by atoms with Gasteiger partial charge in [-0.3, -0.25) is 4.79 Å². The van der Waals surface area contributed by atoms with Crippen LogP contribution >= 0.6 is 0 Å². The van der Waals surface area contributed by atoms with Gasteiger partial charge in [-0.1, -0.05) is 13.8 Å². The second-order valence-corrected chi connectivity index (χ2v) is 7.27. The third kappa shape index (κ3) is 2.60. The number of aromatic nitrogens is 2. The number of benzene rings is 1. The summed E-state index contributed by atoms with van der Waals surface area (Å²) < 4.78 is 7.84. The maximum Gasteiger partial charge on any atom is 0.251 e. The lowest BCUT2D eigenvalue weighted by Gasteiger charge is -2.42. The van der Waals surface area contributed by atoms with Gasteiger partial charge in [-0.25, -0.2) is 4.98 Å². The third-order valence-electron chi connectivity index (χ3n) is 4.75. The Morgan fingerprint density at radius 3 is 3.00 bits per heavy atom. The van der Waals surface area contributed by atoms with Crippen molar-refractivity contribution in [3.63, 3.8) is 0 Å². The van der Waals surface area contributed by atoms with E-state index in [0.29, 0.717) is 17.6 Å². The zero-order valence-electron chi connectivity index (χ0n) is 13.5. The minimum Gasteiger partial charge on any atom is -0.491 e. The summed E-state index contributed by atoms with van der Waals surface area (Å²) in [6.45, 7) is 5.84. The van der Waals surface area contributed by atoms with Crippen molar-refractivity contribution in [3.8, 4) is 17.0 Å². The van der Waals surface area contributed by atoms with E-state index in [1.807, 2.05) is 24.4 Å². The van der Waals surface area contributed by atoms with E-state index in [2.05, 4.69) is 28.7 Å². The number of hydrogen-bond donors (Lipinski definition) is 1. The number of rotatable bonds is 2. The molecule has 2 aliphatic rings. The fourth-order valence-corrected chi connectivity index (χ4v) is 3.62. The lowest BCUT2D eigenvalue weighted by atomic mass is 9.68. The number of amides is 1. The fourth-order valence-electron chi connectivity index (χ4n) is 3.62. The second kappa shape index (κ2) is 5.11. The van der Waals surface area contributed by atoms with Crippen molar-refractivity contribution in [2.45, 2.75) is 39.3 Å². The van der Waals surface area contributed by atoms with Crippen molar-refractivity contribution in [1.82, 2.24) is 14.9 Å². The van der Waals surface area contributed by atoms with E-state index in [9.17, 15) is 4.79 Å². The summed E-state index contributed by atoms with van der Waals surface area (Å²) in [6, 6.07) is 5.92. The highest BCUT2D eigenvalue weighted by atomic mass is 16.5. The molecule has 0 spiro atoms. The predicted octanol–water partition coefficient (Wildman–Crippen LogP) is 2.86. The Morgan fingerprint density at radius 1 is 1.39 bits per heavy atom. The van der Waals surface area contributed by atoms with Crippen molar-refractivity contribution in [1.29, 1.82) is 0 Å². The van der Waals surface area contributed by atoms with Crippen LogP contribution in [0.2, 0.25) is 0 Å². The molecule has 0 atom stereocenters. The van der Waals surface area contributed by atoms with Gasteiger partial charge in [0, 0.05) is 17.2 Å². The summed E-state index contributed by atoms with van der Waals surface area (Å²) in [5, 5.41) is 3.13. The molecule has 2 aromatic rings. The first-order chi connectivity index (χ1) is 11.0. The Bertz CT molecular complexity index is 755. The van der Waals surface area contributed by atoms with E-state index in [1.165, 1.54) is 0 Å². The number of carbonyl (C=O) groups excluding carboxylic acids is 1. The molecule has 1 amide bonds. The Hall–Kier alpha value is -2.30. The molecule has 1 N–H and O–H groups in total. The summed E-state index contributed by atoms with van der Waals surface area (Å²) >= 11 is 0. The molecular formula is C18H21N3O2. The molecule has 23 heavy (non-hydrogen) atoms. The van der Waals surface area contributed by atoms with Crippen LogP contribution in [0.25, 0.3) is 11.3 Å². The van der Waals surface area contributed by atoms with Crippen molar-refractivity contribution in [2.75, 3.05) is 6.61 Å². The molecule has 0 radical (unpaired) electrons. The van der Waals surface area contributed by atoms with Crippen molar-refractivity contribution < 1.29 is 9.53 Å². The highest BCUT2D eigenvalue weighted by Gasteiger charge is 2.36. The summed E-state index contributed by atoms with van der Waals surface area (Å²) in [5.41, 5.74) is 2.96. The Kier molecular flexibility index (Phi) is 3.18. The number of ether oxygens (including phenoxy) is 1. The van der Waals surface area contributed by atoms with Crippen LogP contribution in [0.1, 0.15) is 37.0 Å². The maximum absolute atomic E-state index is 12.5. The van der Waals surface area contributed by atoms with Gasteiger partial charge in [-0.15, -0.1) is 0 Å². The molecule has 1 fully saturated rings. The highest BCUT2D eigenvalue weighted by molar-refractivity contribution is 5.96. The Labute approximate surface area is 135 Å². The lowest BCUT2D eigenvalue weighted by molar-refractivity contribution is 0.0803. The van der Waals surface area contributed by atoms with Gasteiger partial charge >= 0.3 is 0 Å². The summed E-state index contributed by atoms with van der Waals surface area (Å²) in [5.74, 6) is 0.800. The van der Waals surface area contributed by atoms with E-state index in [-0.39, 0.29) is 11.9 Å². The van der Waals surface area contributed by atoms with Gasteiger partial charge in [0.25, 0.3) is 5.91 Å². The van der Waals surface area contributed by atoms with Crippen LogP contribution in [-0.2, 0) is 6.54 Å². The fraction of sp³-hybridized carbons (Fsp3) is 0.444. The van der Waals surface area contributed by atoms with E-state index in [4.69, 9.17) is 4.74 Å². The molecular weight excluding hydrogens is 290 g/mol. The molecule has 5 heteroatoms. The molecule has 0 bridgehead atoms. The lowest BCUT2D eigenvalue weighted by Crippen LogP contribution is -2.48. The monoisotopic (exact) mass is 311 g/mol. The summed E-state index contributed by atoms with van der Waals surface area (Å²) in [4.78, 5) is 16.7. The van der Waals surface area contributed by atoms with Gasteiger partial charge < -0.3 is 14.6 Å². The molecule has 2 heterocycles. The molecule has 120 valence electrons. The van der Waals surface area contributed by atoms with Crippen molar-refractivity contribution in [3.05, 3.63) is 36.3 Å². The van der Waals surface area contributed by atoms with Crippen molar-refractivity contribution in [2.24, 2.45) is 5.41 Å². The van der Waals surface area contributed by atoms with Gasteiger partial charge in [-0.2, -0.15) is 0 Å². The van der Waals surface area contributed by atoms with E-state index in [1.54, 1.807) is 6.33 Å². The zero-order chi connectivity index (χ0) is 16.0. The first-order valence-electron chi connectivity index (χ1n) is 8.10. The van der Waals surface area contributed by atoms with Gasteiger partial charge in [0.05, 0.1) is 24.8 Å². The standard InChI is InChI=1S/C18H21N3O2/c1-18(2)8-13(9-18)20-17(22)12-3-4-16-14(7-12)15-10-19-11-21(15)5-6-23-16/h3-4,7,10-11,13H,5-6,8-9H2,1-2H3,(H,20,22). The minimum absolute atomic E-state index is 0.0105. The summed E-state index contributed by atoms with van der Waals surface area (Å²) in [7, 11) is 0. The van der Waals surface area contributed by atoms with E-state index in [0.717, 1.165) is 36.4 Å². The van der Waals surface area contributed by atoms with E-state index >= 15 is 0 Å². The molecule has 4 rings (SSSR count). The first-order valence-corrected chi connectivity index (χ1v) is 8.10. The van der Waals surface area contributed by atoms with Crippen LogP contribution in [0.3, 0.4) is 0 Å². The molecule has 5 nitrogen and oxygen atoms in total. The van der Waals surface area contributed by atoms with Gasteiger partial charge in [0.15, 0.2) is 0 Å². The molecule has 1 aliphatic heterocycles. The number of nitrogens with zero attached hydrogens (tertiary/aromatic N) is 2. The van der Waals surface area contributed by atoms with Crippen LogP contribution in [-0.4, -0.2) is 28.1 Å². The number of carbonyl (C=O) groups is 1. The third-order valence-corrected chi connectivity index (χ3v) is 4.75. The van der Waals surface area contributed by atoms with Crippen LogP contribution in [0.5, 0.6) is 5.75 Å². The largest absolute Gasteiger partial charge is 0.491 e. The molecule has 1 aliphatic carbocycles. The topological polar surface area (TPSA) is 56.2 Å². The van der Waals surface area contributed by atoms with Gasteiger partial charge in [-0.05, 0) is 36.5 Å². The van der Waals surface area contributed by atoms with Crippen LogP contribution < -0.4 is 10.1 Å². The van der Waals surface area contributed by atoms with Crippen LogP contribution in [0.15, 0.2) is 30.7 Å². The number of nitrogens with one attached hydrogen (secondary N) is 1. The number of imidazole rings is 1. The molecule has 0 saturated heterocycles. The van der Waals surface area contributed by atoms with Gasteiger partial charge in [0.2, 0.25) is 0 Å².